The molecule has 0 heterocycles. The summed E-state index contributed by atoms with van der Waals surface area (Å²) in [5, 5.41) is 0. The zero-order chi connectivity index (χ0) is 10.3. The van der Waals surface area contributed by atoms with Gasteiger partial charge < -0.3 is 5.73 Å². The van der Waals surface area contributed by atoms with Crippen molar-refractivity contribution in [2.24, 2.45) is 11.1 Å². The van der Waals surface area contributed by atoms with E-state index in [1.54, 1.807) is 20.8 Å². The fourth-order valence-corrected chi connectivity index (χ4v) is 1.06. The topological polar surface area (TPSA) is 43.1 Å². The molecule has 0 spiro atoms. The van der Waals surface area contributed by atoms with Crippen molar-refractivity contribution in [3.05, 3.63) is 0 Å². The molecule has 2 N–H and O–H groups in total. The lowest BCUT2D eigenvalue weighted by Crippen LogP contribution is -2.27. The normalized spacial score (nSPS) is 17.2. The molecule has 13 heavy (non-hydrogen) atoms. The minimum atomic E-state index is -0.361. The van der Waals surface area contributed by atoms with Gasteiger partial charge in [0.2, 0.25) is 5.91 Å². The Balaban J connectivity index is 0.000000223. The molecule has 2 nitrogen and oxygen atoms in total. The fraction of sp³-hybridized carbons (Fsp3) is 0.909. The van der Waals surface area contributed by atoms with Crippen molar-refractivity contribution in [3.63, 3.8) is 0 Å². The van der Waals surface area contributed by atoms with E-state index in [2.05, 4.69) is 0 Å². The van der Waals surface area contributed by atoms with E-state index < -0.39 is 0 Å². The molecule has 0 aromatic rings. The van der Waals surface area contributed by atoms with Crippen LogP contribution in [-0.4, -0.2) is 5.91 Å². The number of hydrogen-bond acceptors (Lipinski definition) is 1. The third kappa shape index (κ3) is 7.82. The Hall–Kier alpha value is -0.530. The van der Waals surface area contributed by atoms with Gasteiger partial charge in [-0.15, -0.1) is 0 Å². The highest BCUT2D eigenvalue weighted by Gasteiger charge is 2.16. The van der Waals surface area contributed by atoms with Crippen molar-refractivity contribution >= 4 is 5.91 Å². The number of carbonyl (C=O) groups excluding carboxylic acids is 1. The zero-order valence-electron chi connectivity index (χ0n) is 9.23. The van der Waals surface area contributed by atoms with Crippen LogP contribution in [0.3, 0.4) is 0 Å². The number of carbonyl (C=O) groups is 1. The van der Waals surface area contributed by atoms with E-state index in [9.17, 15) is 4.79 Å². The molecule has 0 aromatic carbocycles. The predicted octanol–water partition coefficient (Wildman–Crippen LogP) is 2.86. The van der Waals surface area contributed by atoms with E-state index in [1.807, 2.05) is 0 Å². The van der Waals surface area contributed by atoms with Gasteiger partial charge in [0.25, 0.3) is 0 Å². The lowest BCUT2D eigenvalue weighted by Gasteiger charge is -2.10. The van der Waals surface area contributed by atoms with Crippen LogP contribution in [0.25, 0.3) is 0 Å². The molecular weight excluding hydrogens is 162 g/mol. The smallest absolute Gasteiger partial charge is 0.222 e. The molecule has 0 radical (unpaired) electrons. The Kier molecular flexibility index (Phi) is 5.76. The van der Waals surface area contributed by atoms with Crippen LogP contribution in [0.15, 0.2) is 0 Å². The van der Waals surface area contributed by atoms with Gasteiger partial charge in [-0.3, -0.25) is 4.79 Å². The highest BCUT2D eigenvalue weighted by atomic mass is 16.1. The quantitative estimate of drug-likeness (QED) is 0.619. The number of amides is 1. The van der Waals surface area contributed by atoms with Crippen molar-refractivity contribution in [1.29, 1.82) is 0 Å². The Labute approximate surface area is 81.9 Å². The third-order valence-electron chi connectivity index (χ3n) is 2.24. The number of hydrogen-bond donors (Lipinski definition) is 1. The van der Waals surface area contributed by atoms with E-state index in [0.717, 1.165) is 0 Å². The molecule has 78 valence electrons. The van der Waals surface area contributed by atoms with E-state index in [0.29, 0.717) is 0 Å². The van der Waals surface area contributed by atoms with Crippen molar-refractivity contribution in [2.75, 3.05) is 0 Å². The van der Waals surface area contributed by atoms with Crippen molar-refractivity contribution in [2.45, 2.75) is 59.3 Å². The van der Waals surface area contributed by atoms with Gasteiger partial charge in [0.15, 0.2) is 0 Å². The van der Waals surface area contributed by atoms with Crippen LogP contribution in [0.1, 0.15) is 59.3 Å². The first-order chi connectivity index (χ1) is 5.94. The molecule has 1 aliphatic carbocycles. The molecule has 1 rings (SSSR count). The van der Waals surface area contributed by atoms with Gasteiger partial charge in [-0.2, -0.15) is 0 Å². The van der Waals surface area contributed by atoms with Gasteiger partial charge in [-0.1, -0.05) is 59.3 Å². The molecule has 1 aliphatic rings. The monoisotopic (exact) mass is 185 g/mol. The molecular formula is C11H23NO. The third-order valence-corrected chi connectivity index (χ3v) is 2.24. The maximum atomic E-state index is 10.2. The maximum Gasteiger partial charge on any atom is 0.222 e. The summed E-state index contributed by atoms with van der Waals surface area (Å²) >= 11 is 0. The lowest BCUT2D eigenvalue weighted by molar-refractivity contribution is -0.125. The summed E-state index contributed by atoms with van der Waals surface area (Å²) in [6.07, 6.45) is 9.00. The van der Waals surface area contributed by atoms with Gasteiger partial charge in [0.05, 0.1) is 0 Å². The van der Waals surface area contributed by atoms with Gasteiger partial charge in [-0.25, -0.2) is 0 Å². The molecule has 0 atom stereocenters. The minimum Gasteiger partial charge on any atom is -0.369 e. The molecule has 0 aliphatic heterocycles. The minimum absolute atomic E-state index is 0.257. The van der Waals surface area contributed by atoms with Gasteiger partial charge in [0, 0.05) is 5.41 Å². The van der Waals surface area contributed by atoms with Gasteiger partial charge in [0.1, 0.15) is 0 Å². The summed E-state index contributed by atoms with van der Waals surface area (Å²) in [5.41, 5.74) is 4.57. The summed E-state index contributed by atoms with van der Waals surface area (Å²) in [7, 11) is 0. The second-order valence-electron chi connectivity index (χ2n) is 4.74. The zero-order valence-corrected chi connectivity index (χ0v) is 9.23. The SMILES string of the molecule is C1CCCCC1.CC(C)(C)C(N)=O. The van der Waals surface area contributed by atoms with E-state index in [1.165, 1.54) is 38.5 Å². The van der Waals surface area contributed by atoms with Gasteiger partial charge in [-0.05, 0) is 0 Å². The second-order valence-corrected chi connectivity index (χ2v) is 4.74. The van der Waals surface area contributed by atoms with E-state index >= 15 is 0 Å². The molecule has 0 aromatic heterocycles. The Morgan fingerprint density at radius 3 is 1.15 bits per heavy atom. The van der Waals surface area contributed by atoms with Crippen LogP contribution in [0.5, 0.6) is 0 Å². The molecule has 0 unspecified atom stereocenters. The highest BCUT2D eigenvalue weighted by molar-refractivity contribution is 5.79. The largest absolute Gasteiger partial charge is 0.369 e. The Morgan fingerprint density at radius 1 is 0.923 bits per heavy atom. The summed E-state index contributed by atoms with van der Waals surface area (Å²) in [6, 6.07) is 0. The number of rotatable bonds is 0. The fourth-order valence-electron chi connectivity index (χ4n) is 1.06. The first-order valence-electron chi connectivity index (χ1n) is 5.24. The number of primary amides is 1. The van der Waals surface area contributed by atoms with Crippen LogP contribution in [0, 0.1) is 5.41 Å². The van der Waals surface area contributed by atoms with Crippen molar-refractivity contribution in [1.82, 2.24) is 0 Å². The summed E-state index contributed by atoms with van der Waals surface area (Å²) in [4.78, 5) is 10.2. The standard InChI is InChI=1S/C6H12.C5H11NO/c1-2-4-6-5-3-1;1-5(2,3)4(6)7/h1-6H2;1-3H3,(H2,6,7). The van der Waals surface area contributed by atoms with Crippen LogP contribution < -0.4 is 5.73 Å². The maximum absolute atomic E-state index is 10.2. The van der Waals surface area contributed by atoms with Crippen LogP contribution >= 0.6 is 0 Å². The molecule has 0 bridgehead atoms. The van der Waals surface area contributed by atoms with Gasteiger partial charge >= 0.3 is 0 Å². The van der Waals surface area contributed by atoms with E-state index in [4.69, 9.17) is 5.73 Å². The summed E-state index contributed by atoms with van der Waals surface area (Å²) in [5.74, 6) is -0.257. The van der Waals surface area contributed by atoms with Crippen LogP contribution in [-0.2, 0) is 4.79 Å². The average molecular weight is 185 g/mol. The summed E-state index contributed by atoms with van der Waals surface area (Å²) in [6.45, 7) is 5.36. The van der Waals surface area contributed by atoms with Crippen LogP contribution in [0.4, 0.5) is 0 Å². The molecule has 1 amide bonds. The van der Waals surface area contributed by atoms with Crippen molar-refractivity contribution in [3.8, 4) is 0 Å². The highest BCUT2D eigenvalue weighted by Crippen LogP contribution is 2.15. The first-order valence-corrected chi connectivity index (χ1v) is 5.24. The van der Waals surface area contributed by atoms with E-state index in [-0.39, 0.29) is 11.3 Å². The number of nitrogens with two attached hydrogens (primary N) is 1. The summed E-state index contributed by atoms with van der Waals surface area (Å²) < 4.78 is 0. The molecule has 0 saturated heterocycles. The molecule has 2 heteroatoms. The molecule has 1 saturated carbocycles. The second kappa shape index (κ2) is 6.01. The first kappa shape index (κ1) is 12.5. The van der Waals surface area contributed by atoms with Crippen LogP contribution in [0.2, 0.25) is 0 Å². The molecule has 1 fully saturated rings. The Bertz CT molecular complexity index is 131. The predicted molar refractivity (Wildman–Crippen MR) is 56.4 cm³/mol. The lowest BCUT2D eigenvalue weighted by atomic mass is 9.96. The average Bonchev–Trinajstić information content (AvgIpc) is 2.07. The Morgan fingerprint density at radius 2 is 1.08 bits per heavy atom. The van der Waals surface area contributed by atoms with Crippen molar-refractivity contribution < 1.29 is 4.79 Å².